The topological polar surface area (TPSA) is 48.4 Å². The van der Waals surface area contributed by atoms with Crippen molar-refractivity contribution < 1.29 is 14.3 Å². The van der Waals surface area contributed by atoms with Crippen molar-refractivity contribution in [2.75, 3.05) is 20.8 Å². The van der Waals surface area contributed by atoms with E-state index >= 15 is 0 Å². The van der Waals surface area contributed by atoms with E-state index in [-0.39, 0.29) is 10.8 Å². The molecule has 0 radical (unpaired) electrons. The summed E-state index contributed by atoms with van der Waals surface area (Å²) < 4.78 is 9.65. The Morgan fingerprint density at radius 1 is 1.60 bits per heavy atom. The summed E-state index contributed by atoms with van der Waals surface area (Å²) in [7, 11) is 2.98. The van der Waals surface area contributed by atoms with E-state index in [2.05, 4.69) is 25.7 Å². The van der Waals surface area contributed by atoms with Gasteiger partial charge in [-0.05, 0) is 6.92 Å². The number of esters is 1. The van der Waals surface area contributed by atoms with E-state index in [4.69, 9.17) is 4.74 Å². The lowest BCUT2D eigenvalue weighted by atomic mass is 10.4. The SMILES string of the molecule is COCC(Br)c1nc(C)c(C(=O)OC)s1. The lowest BCUT2D eigenvalue weighted by molar-refractivity contribution is 0.0605. The number of methoxy groups -OCH3 is 2. The van der Waals surface area contributed by atoms with Gasteiger partial charge in [-0.3, -0.25) is 0 Å². The number of carbonyl (C=O) groups excluding carboxylic acids is 1. The van der Waals surface area contributed by atoms with Crippen LogP contribution in [0.25, 0.3) is 0 Å². The summed E-state index contributed by atoms with van der Waals surface area (Å²) in [4.78, 5) is 16.2. The first kappa shape index (κ1) is 12.6. The third-order valence-electron chi connectivity index (χ3n) is 1.76. The predicted octanol–water partition coefficient (Wildman–Crippen LogP) is 2.32. The monoisotopic (exact) mass is 293 g/mol. The highest BCUT2D eigenvalue weighted by atomic mass is 79.9. The van der Waals surface area contributed by atoms with Crippen LogP contribution in [0.3, 0.4) is 0 Å². The number of aryl methyl sites for hydroxylation is 1. The first-order valence-corrected chi connectivity index (χ1v) is 6.02. The zero-order chi connectivity index (χ0) is 11.4. The van der Waals surface area contributed by atoms with Crippen LogP contribution in [0.1, 0.15) is 25.2 Å². The number of rotatable bonds is 4. The molecule has 0 aliphatic rings. The molecular weight excluding hydrogens is 282 g/mol. The van der Waals surface area contributed by atoms with Gasteiger partial charge in [0, 0.05) is 7.11 Å². The molecule has 1 rings (SSSR count). The molecule has 1 heterocycles. The van der Waals surface area contributed by atoms with Crippen LogP contribution in [0.2, 0.25) is 0 Å². The Morgan fingerprint density at radius 3 is 2.80 bits per heavy atom. The number of hydrogen-bond acceptors (Lipinski definition) is 5. The molecule has 0 amide bonds. The zero-order valence-electron chi connectivity index (χ0n) is 8.74. The molecule has 0 spiro atoms. The summed E-state index contributed by atoms with van der Waals surface area (Å²) in [6.45, 7) is 2.31. The van der Waals surface area contributed by atoms with Crippen molar-refractivity contribution >= 4 is 33.2 Å². The van der Waals surface area contributed by atoms with Crippen molar-refractivity contribution in [3.05, 3.63) is 15.6 Å². The molecule has 0 aliphatic heterocycles. The molecule has 0 aliphatic carbocycles. The summed E-state index contributed by atoms with van der Waals surface area (Å²) in [6, 6.07) is 0. The maximum absolute atomic E-state index is 11.3. The fourth-order valence-corrected chi connectivity index (χ4v) is 2.65. The average molecular weight is 294 g/mol. The molecule has 15 heavy (non-hydrogen) atoms. The number of thiazole rings is 1. The number of alkyl halides is 1. The quantitative estimate of drug-likeness (QED) is 0.631. The van der Waals surface area contributed by atoms with Crippen LogP contribution in [0, 0.1) is 6.92 Å². The molecule has 0 saturated heterocycles. The highest BCUT2D eigenvalue weighted by Gasteiger charge is 2.19. The van der Waals surface area contributed by atoms with Crippen LogP contribution in [-0.4, -0.2) is 31.8 Å². The van der Waals surface area contributed by atoms with E-state index in [0.29, 0.717) is 17.2 Å². The molecule has 0 bridgehead atoms. The first-order chi connectivity index (χ1) is 7.10. The van der Waals surface area contributed by atoms with E-state index in [1.165, 1.54) is 18.4 Å². The second-order valence-corrected chi connectivity index (χ2v) is 5.02. The second kappa shape index (κ2) is 5.58. The van der Waals surface area contributed by atoms with E-state index in [1.807, 2.05) is 0 Å². The van der Waals surface area contributed by atoms with E-state index in [0.717, 1.165) is 5.01 Å². The van der Waals surface area contributed by atoms with Gasteiger partial charge in [0.2, 0.25) is 0 Å². The molecule has 0 saturated carbocycles. The van der Waals surface area contributed by atoms with Gasteiger partial charge in [0.1, 0.15) is 9.88 Å². The molecule has 6 heteroatoms. The summed E-state index contributed by atoms with van der Waals surface area (Å²) >= 11 is 4.76. The summed E-state index contributed by atoms with van der Waals surface area (Å²) in [5, 5.41) is 0.828. The Bertz CT molecular complexity index is 353. The molecule has 1 unspecified atom stereocenters. The smallest absolute Gasteiger partial charge is 0.349 e. The molecular formula is C9H12BrNO3S. The Kier molecular flexibility index (Phi) is 4.69. The fraction of sp³-hybridized carbons (Fsp3) is 0.556. The van der Waals surface area contributed by atoms with Crippen LogP contribution in [-0.2, 0) is 9.47 Å². The maximum Gasteiger partial charge on any atom is 0.349 e. The second-order valence-electron chi connectivity index (χ2n) is 2.88. The molecule has 0 aromatic carbocycles. The Hall–Kier alpha value is -0.460. The summed E-state index contributed by atoms with van der Waals surface area (Å²) in [5.74, 6) is -0.339. The highest BCUT2D eigenvalue weighted by Crippen LogP contribution is 2.29. The summed E-state index contributed by atoms with van der Waals surface area (Å²) in [5.41, 5.74) is 0.697. The van der Waals surface area contributed by atoms with Gasteiger partial charge in [-0.2, -0.15) is 0 Å². The van der Waals surface area contributed by atoms with Gasteiger partial charge in [0.25, 0.3) is 0 Å². The largest absolute Gasteiger partial charge is 0.465 e. The average Bonchev–Trinajstić information content (AvgIpc) is 2.60. The van der Waals surface area contributed by atoms with E-state index < -0.39 is 0 Å². The number of aromatic nitrogens is 1. The lowest BCUT2D eigenvalue weighted by Crippen LogP contribution is -1.99. The number of hydrogen-bond donors (Lipinski definition) is 0. The number of carbonyl (C=O) groups is 1. The summed E-state index contributed by atoms with van der Waals surface area (Å²) in [6.07, 6.45) is 0. The third-order valence-corrected chi connectivity index (χ3v) is 4.02. The van der Waals surface area contributed by atoms with E-state index in [9.17, 15) is 4.79 Å². The van der Waals surface area contributed by atoms with Gasteiger partial charge in [-0.25, -0.2) is 9.78 Å². The molecule has 84 valence electrons. The Balaban J connectivity index is 2.90. The van der Waals surface area contributed by atoms with Crippen molar-refractivity contribution in [1.29, 1.82) is 0 Å². The number of halogens is 1. The molecule has 1 aromatic rings. The Morgan fingerprint density at radius 2 is 2.27 bits per heavy atom. The van der Waals surface area contributed by atoms with Crippen molar-refractivity contribution in [1.82, 2.24) is 4.98 Å². The van der Waals surface area contributed by atoms with Crippen LogP contribution >= 0.6 is 27.3 Å². The maximum atomic E-state index is 11.3. The van der Waals surface area contributed by atoms with Crippen molar-refractivity contribution in [3.63, 3.8) is 0 Å². The molecule has 1 aromatic heterocycles. The van der Waals surface area contributed by atoms with Gasteiger partial charge in [-0.1, -0.05) is 15.9 Å². The fourth-order valence-electron chi connectivity index (χ4n) is 1.05. The van der Waals surface area contributed by atoms with Gasteiger partial charge in [-0.15, -0.1) is 11.3 Å². The van der Waals surface area contributed by atoms with Crippen LogP contribution in [0.5, 0.6) is 0 Å². The minimum Gasteiger partial charge on any atom is -0.465 e. The van der Waals surface area contributed by atoms with Crippen molar-refractivity contribution in [3.8, 4) is 0 Å². The zero-order valence-corrected chi connectivity index (χ0v) is 11.1. The normalized spacial score (nSPS) is 12.5. The predicted molar refractivity (Wildman–Crippen MR) is 61.7 cm³/mol. The first-order valence-electron chi connectivity index (χ1n) is 4.28. The van der Waals surface area contributed by atoms with Crippen LogP contribution in [0.15, 0.2) is 0 Å². The lowest BCUT2D eigenvalue weighted by Gasteiger charge is -2.02. The third kappa shape index (κ3) is 2.99. The standard InChI is InChI=1S/C9H12BrNO3S/c1-5-7(9(12)14-3)15-8(11-5)6(10)4-13-2/h6H,4H2,1-3H3. The number of ether oxygens (including phenoxy) is 2. The van der Waals surface area contributed by atoms with Gasteiger partial charge >= 0.3 is 5.97 Å². The highest BCUT2D eigenvalue weighted by molar-refractivity contribution is 9.09. The molecule has 0 N–H and O–H groups in total. The van der Waals surface area contributed by atoms with Gasteiger partial charge in [0.05, 0.1) is 24.2 Å². The minimum atomic E-state index is -0.339. The van der Waals surface area contributed by atoms with Crippen LogP contribution in [0.4, 0.5) is 0 Å². The Labute approximate surface area is 101 Å². The van der Waals surface area contributed by atoms with Gasteiger partial charge < -0.3 is 9.47 Å². The van der Waals surface area contributed by atoms with E-state index in [1.54, 1.807) is 14.0 Å². The van der Waals surface area contributed by atoms with Gasteiger partial charge in [0.15, 0.2) is 0 Å². The van der Waals surface area contributed by atoms with Crippen LogP contribution < -0.4 is 0 Å². The van der Waals surface area contributed by atoms with Crippen molar-refractivity contribution in [2.24, 2.45) is 0 Å². The minimum absolute atomic E-state index is 0.0182. The molecule has 0 fully saturated rings. The number of nitrogens with zero attached hydrogens (tertiary/aromatic N) is 1. The van der Waals surface area contributed by atoms with Crippen molar-refractivity contribution in [2.45, 2.75) is 11.8 Å². The molecule has 4 nitrogen and oxygen atoms in total. The molecule has 1 atom stereocenters.